The molecule has 1 N–H and O–H groups in total. The van der Waals surface area contributed by atoms with E-state index in [2.05, 4.69) is 15.4 Å². The van der Waals surface area contributed by atoms with E-state index in [1.165, 1.54) is 15.6 Å². The summed E-state index contributed by atoms with van der Waals surface area (Å²) in [5.41, 5.74) is 0.569. The summed E-state index contributed by atoms with van der Waals surface area (Å²) in [5, 5.41) is 6.96. The maximum absolute atomic E-state index is 12.9. The lowest BCUT2D eigenvalue weighted by Gasteiger charge is -2.30. The Morgan fingerprint density at radius 2 is 2.14 bits per heavy atom. The molecule has 0 bridgehead atoms. The lowest BCUT2D eigenvalue weighted by Crippen LogP contribution is -2.43. The van der Waals surface area contributed by atoms with Crippen LogP contribution in [0.4, 0.5) is 5.69 Å². The number of aryl methyl sites for hydroxylation is 1. The number of carbonyl (C=O) groups excluding carboxylic acids is 1. The second-order valence-corrected chi connectivity index (χ2v) is 10.4. The second-order valence-electron chi connectivity index (χ2n) is 6.91. The number of nitrogens with one attached hydrogen (secondary N) is 1. The number of aromatic nitrogens is 3. The van der Waals surface area contributed by atoms with Gasteiger partial charge >= 0.3 is 0 Å². The summed E-state index contributed by atoms with van der Waals surface area (Å²) >= 11 is 1.26. The first-order chi connectivity index (χ1) is 13.9. The van der Waals surface area contributed by atoms with Gasteiger partial charge in [0.2, 0.25) is 5.91 Å². The Morgan fingerprint density at radius 1 is 1.28 bits per heavy atom. The van der Waals surface area contributed by atoms with Crippen LogP contribution in [0.3, 0.4) is 0 Å². The average Bonchev–Trinajstić information content (AvgIpc) is 3.41. The third-order valence-electron chi connectivity index (χ3n) is 4.82. The molecule has 0 spiro atoms. The number of anilines is 1. The van der Waals surface area contributed by atoms with Crippen molar-refractivity contribution in [2.75, 3.05) is 18.4 Å². The summed E-state index contributed by atoms with van der Waals surface area (Å²) in [6, 6.07) is 8.75. The van der Waals surface area contributed by atoms with Gasteiger partial charge < -0.3 is 5.32 Å². The number of thiophene rings is 1. The largest absolute Gasteiger partial charge is 0.324 e. The zero-order chi connectivity index (χ0) is 20.4. The van der Waals surface area contributed by atoms with E-state index in [1.807, 2.05) is 6.92 Å². The van der Waals surface area contributed by atoms with Gasteiger partial charge in [0, 0.05) is 30.4 Å². The molecule has 1 atom stereocenters. The Balaban J connectivity index is 1.42. The minimum atomic E-state index is -3.56. The van der Waals surface area contributed by atoms with Crippen LogP contribution in [0.25, 0.3) is 5.82 Å². The van der Waals surface area contributed by atoms with Crippen molar-refractivity contribution in [1.82, 2.24) is 19.1 Å². The second kappa shape index (κ2) is 8.05. The monoisotopic (exact) mass is 431 g/mol. The zero-order valence-electron chi connectivity index (χ0n) is 15.9. The van der Waals surface area contributed by atoms with Gasteiger partial charge in [-0.05, 0) is 50.1 Å². The molecule has 1 aliphatic rings. The maximum atomic E-state index is 12.9. The van der Waals surface area contributed by atoms with E-state index < -0.39 is 15.9 Å². The molecule has 1 aliphatic heterocycles. The Morgan fingerprint density at radius 3 is 2.79 bits per heavy atom. The van der Waals surface area contributed by atoms with Gasteiger partial charge in [0.25, 0.3) is 10.0 Å². The Bertz CT molecular complexity index is 1090. The molecule has 29 heavy (non-hydrogen) atoms. The van der Waals surface area contributed by atoms with Crippen LogP contribution in [0.1, 0.15) is 17.7 Å². The molecule has 1 amide bonds. The summed E-state index contributed by atoms with van der Waals surface area (Å²) in [7, 11) is -3.56. The molecule has 0 radical (unpaired) electrons. The fourth-order valence-electron chi connectivity index (χ4n) is 3.30. The molecular weight excluding hydrogens is 410 g/mol. The molecule has 0 aromatic carbocycles. The molecule has 4 heterocycles. The van der Waals surface area contributed by atoms with Crippen molar-refractivity contribution in [2.24, 2.45) is 5.92 Å². The summed E-state index contributed by atoms with van der Waals surface area (Å²) in [4.78, 5) is 18.0. The van der Waals surface area contributed by atoms with Gasteiger partial charge in [0.05, 0.1) is 17.8 Å². The lowest BCUT2D eigenvalue weighted by atomic mass is 9.99. The van der Waals surface area contributed by atoms with Crippen LogP contribution in [0, 0.1) is 12.8 Å². The molecule has 0 saturated carbocycles. The highest BCUT2D eigenvalue weighted by Gasteiger charge is 2.34. The first-order valence-corrected chi connectivity index (χ1v) is 11.5. The normalized spacial score (nSPS) is 17.9. The number of sulfonamides is 1. The summed E-state index contributed by atoms with van der Waals surface area (Å²) in [6.07, 6.45) is 6.32. The first kappa shape index (κ1) is 19.7. The lowest BCUT2D eigenvalue weighted by molar-refractivity contribution is -0.120. The van der Waals surface area contributed by atoms with Crippen molar-refractivity contribution in [3.63, 3.8) is 0 Å². The number of rotatable bonds is 5. The van der Waals surface area contributed by atoms with E-state index in [0.29, 0.717) is 35.1 Å². The smallest absolute Gasteiger partial charge is 0.252 e. The van der Waals surface area contributed by atoms with Crippen LogP contribution in [0.2, 0.25) is 0 Å². The number of hydrogen-bond acceptors (Lipinski definition) is 6. The van der Waals surface area contributed by atoms with E-state index in [0.717, 1.165) is 4.88 Å². The number of piperidine rings is 1. The third-order valence-corrected chi connectivity index (χ3v) is 8.15. The van der Waals surface area contributed by atoms with Crippen LogP contribution in [-0.2, 0) is 14.8 Å². The zero-order valence-corrected chi connectivity index (χ0v) is 17.5. The van der Waals surface area contributed by atoms with Gasteiger partial charge in [-0.25, -0.2) is 18.1 Å². The molecule has 1 fully saturated rings. The topological polar surface area (TPSA) is 97.2 Å². The molecule has 1 saturated heterocycles. The fourth-order valence-corrected chi connectivity index (χ4v) is 6.26. The molecule has 0 aliphatic carbocycles. The Hall–Kier alpha value is -2.56. The van der Waals surface area contributed by atoms with E-state index in [-0.39, 0.29) is 12.5 Å². The third kappa shape index (κ3) is 4.24. The van der Waals surface area contributed by atoms with Crippen LogP contribution < -0.4 is 5.32 Å². The van der Waals surface area contributed by atoms with Crippen molar-refractivity contribution in [3.05, 3.63) is 53.8 Å². The molecule has 3 aromatic rings. The van der Waals surface area contributed by atoms with Crippen LogP contribution in [0.15, 0.2) is 53.1 Å². The molecule has 8 nitrogen and oxygen atoms in total. The van der Waals surface area contributed by atoms with Gasteiger partial charge in [-0.3, -0.25) is 4.79 Å². The molecule has 10 heteroatoms. The van der Waals surface area contributed by atoms with Crippen molar-refractivity contribution in [1.29, 1.82) is 0 Å². The Kier molecular flexibility index (Phi) is 5.48. The molecule has 0 unspecified atom stereocenters. The van der Waals surface area contributed by atoms with E-state index in [1.54, 1.807) is 53.6 Å². The van der Waals surface area contributed by atoms with Crippen LogP contribution >= 0.6 is 11.3 Å². The maximum Gasteiger partial charge on any atom is 0.252 e. The summed E-state index contributed by atoms with van der Waals surface area (Å²) in [6.45, 7) is 2.49. The van der Waals surface area contributed by atoms with Crippen molar-refractivity contribution >= 4 is 33.0 Å². The van der Waals surface area contributed by atoms with Gasteiger partial charge in [-0.15, -0.1) is 11.3 Å². The van der Waals surface area contributed by atoms with Crippen molar-refractivity contribution in [2.45, 2.75) is 24.0 Å². The summed E-state index contributed by atoms with van der Waals surface area (Å²) < 4.78 is 29.1. The highest BCUT2D eigenvalue weighted by molar-refractivity contribution is 7.91. The molecule has 4 rings (SSSR count). The van der Waals surface area contributed by atoms with Gasteiger partial charge in [0.1, 0.15) is 4.21 Å². The van der Waals surface area contributed by atoms with E-state index in [9.17, 15) is 13.2 Å². The van der Waals surface area contributed by atoms with Crippen molar-refractivity contribution in [3.8, 4) is 5.82 Å². The minimum absolute atomic E-state index is 0.184. The number of hydrogen-bond donors (Lipinski definition) is 1. The quantitative estimate of drug-likeness (QED) is 0.670. The number of nitrogens with zero attached hydrogens (tertiary/aromatic N) is 4. The SMILES string of the molecule is Cc1ccc(S(=O)(=O)N2CCC[C@@H](C(=O)Nc3ccc(-n4cccn4)nc3)C2)s1. The average molecular weight is 432 g/mol. The predicted molar refractivity (Wildman–Crippen MR) is 111 cm³/mol. The first-order valence-electron chi connectivity index (χ1n) is 9.27. The van der Waals surface area contributed by atoms with Gasteiger partial charge in [-0.1, -0.05) is 0 Å². The Labute approximate surface area is 173 Å². The van der Waals surface area contributed by atoms with E-state index >= 15 is 0 Å². The fraction of sp³-hybridized carbons (Fsp3) is 0.316. The highest BCUT2D eigenvalue weighted by Crippen LogP contribution is 2.28. The van der Waals surface area contributed by atoms with Gasteiger partial charge in [-0.2, -0.15) is 9.40 Å². The number of carbonyl (C=O) groups is 1. The van der Waals surface area contributed by atoms with Crippen LogP contribution in [-0.4, -0.2) is 46.5 Å². The predicted octanol–water partition coefficient (Wildman–Crippen LogP) is 2.68. The minimum Gasteiger partial charge on any atom is -0.324 e. The van der Waals surface area contributed by atoms with Crippen molar-refractivity contribution < 1.29 is 13.2 Å². The highest BCUT2D eigenvalue weighted by atomic mass is 32.2. The summed E-state index contributed by atoms with van der Waals surface area (Å²) in [5.74, 6) is 0.0560. The number of amides is 1. The molecule has 3 aromatic heterocycles. The van der Waals surface area contributed by atoms with Gasteiger partial charge in [0.15, 0.2) is 5.82 Å². The number of pyridine rings is 1. The van der Waals surface area contributed by atoms with E-state index in [4.69, 9.17) is 0 Å². The molecular formula is C19H21N5O3S2. The van der Waals surface area contributed by atoms with Crippen LogP contribution in [0.5, 0.6) is 0 Å². The molecule has 152 valence electrons. The standard InChI is InChI=1S/C19H21N5O3S2/c1-14-5-8-18(28-14)29(26,27)23-10-2-4-15(13-23)19(25)22-16-6-7-17(20-12-16)24-11-3-9-21-24/h3,5-9,11-12,15H,2,4,10,13H2,1H3,(H,22,25)/t15-/m1/s1.